The van der Waals surface area contributed by atoms with Crippen molar-refractivity contribution in [2.75, 3.05) is 7.05 Å². The number of allylic oxidation sites excluding steroid dienone is 2. The summed E-state index contributed by atoms with van der Waals surface area (Å²) in [4.78, 5) is 2.28. The van der Waals surface area contributed by atoms with Crippen molar-refractivity contribution in [2.45, 2.75) is 26.3 Å². The highest BCUT2D eigenvalue weighted by molar-refractivity contribution is 5.40. The number of hydrogen-bond acceptors (Lipinski definition) is 1. The first-order chi connectivity index (χ1) is 7.54. The average Bonchev–Trinajstić information content (AvgIpc) is 2.25. The summed E-state index contributed by atoms with van der Waals surface area (Å²) in [6.07, 6.45) is 6.68. The lowest BCUT2D eigenvalue weighted by Crippen LogP contribution is -2.38. The van der Waals surface area contributed by atoms with Gasteiger partial charge in [-0.2, -0.15) is 0 Å². The predicted molar refractivity (Wildman–Crippen MR) is 69.2 cm³/mol. The minimum Gasteiger partial charge on any atom is -0.367 e. The summed E-state index contributed by atoms with van der Waals surface area (Å²) >= 11 is 0. The van der Waals surface area contributed by atoms with E-state index in [9.17, 15) is 0 Å². The smallest absolute Gasteiger partial charge is 0.0806 e. The molecule has 0 saturated carbocycles. The first kappa shape index (κ1) is 11.0. The second-order valence-electron chi connectivity index (χ2n) is 4.78. The van der Waals surface area contributed by atoms with Gasteiger partial charge < -0.3 is 4.90 Å². The molecule has 0 saturated heterocycles. The van der Waals surface area contributed by atoms with Crippen molar-refractivity contribution in [1.82, 2.24) is 4.90 Å². The Morgan fingerprint density at radius 3 is 2.44 bits per heavy atom. The maximum atomic E-state index is 2.28. The molecule has 1 heteroatoms. The summed E-state index contributed by atoms with van der Waals surface area (Å²) in [6, 6.07) is 8.59. The first-order valence-corrected chi connectivity index (χ1v) is 5.71. The van der Waals surface area contributed by atoms with Crippen LogP contribution in [0, 0.1) is 6.92 Å². The second kappa shape index (κ2) is 3.82. The summed E-state index contributed by atoms with van der Waals surface area (Å²) in [7, 11) is 2.14. The van der Waals surface area contributed by atoms with Gasteiger partial charge in [0, 0.05) is 13.2 Å². The van der Waals surface area contributed by atoms with Crippen molar-refractivity contribution in [2.24, 2.45) is 0 Å². The Morgan fingerprint density at radius 1 is 1.12 bits per heavy atom. The molecule has 1 atom stereocenters. The largest absolute Gasteiger partial charge is 0.367 e. The molecule has 1 aromatic carbocycles. The van der Waals surface area contributed by atoms with Gasteiger partial charge in [0.1, 0.15) is 0 Å². The molecule has 1 aliphatic rings. The lowest BCUT2D eigenvalue weighted by atomic mass is 9.85. The van der Waals surface area contributed by atoms with Crippen molar-refractivity contribution in [3.05, 3.63) is 59.3 Å². The second-order valence-corrected chi connectivity index (χ2v) is 4.78. The number of benzene rings is 1. The molecule has 0 radical (unpaired) electrons. The topological polar surface area (TPSA) is 3.24 Å². The van der Waals surface area contributed by atoms with Gasteiger partial charge in [-0.25, -0.2) is 0 Å². The molecule has 0 aliphatic carbocycles. The van der Waals surface area contributed by atoms with Gasteiger partial charge in [-0.05, 0) is 37.5 Å². The molecular formula is C15H19N. The van der Waals surface area contributed by atoms with Crippen LogP contribution in [0.5, 0.6) is 0 Å². The number of nitrogens with zero attached hydrogens (tertiary/aromatic N) is 1. The van der Waals surface area contributed by atoms with Gasteiger partial charge in [-0.3, -0.25) is 0 Å². The summed E-state index contributed by atoms with van der Waals surface area (Å²) in [5, 5.41) is 0. The van der Waals surface area contributed by atoms with Crippen LogP contribution >= 0.6 is 0 Å². The van der Waals surface area contributed by atoms with Gasteiger partial charge in [0.2, 0.25) is 0 Å². The quantitative estimate of drug-likeness (QED) is 0.688. The van der Waals surface area contributed by atoms with Crippen LogP contribution in [-0.4, -0.2) is 11.9 Å². The van der Waals surface area contributed by atoms with Crippen molar-refractivity contribution in [3.63, 3.8) is 0 Å². The Balaban J connectivity index is 2.49. The normalized spacial score (nSPS) is 24.5. The van der Waals surface area contributed by atoms with Crippen LogP contribution < -0.4 is 0 Å². The highest BCUT2D eigenvalue weighted by Gasteiger charge is 2.29. The molecule has 0 aromatic heterocycles. The number of aryl methyl sites for hydroxylation is 1. The van der Waals surface area contributed by atoms with Crippen LogP contribution in [0.4, 0.5) is 0 Å². The molecular weight excluding hydrogens is 194 g/mol. The van der Waals surface area contributed by atoms with Gasteiger partial charge in [0.25, 0.3) is 0 Å². The standard InChI is InChI=1S/C15H19N/c1-12-9-10-15(3,16(4)11-12)14-8-6-5-7-13(14)2/h5-11H,1-4H3. The third-order valence-corrected chi connectivity index (χ3v) is 3.49. The molecule has 0 spiro atoms. The highest BCUT2D eigenvalue weighted by atomic mass is 15.2. The zero-order chi connectivity index (χ0) is 11.8. The van der Waals surface area contributed by atoms with Gasteiger partial charge in [0.05, 0.1) is 5.54 Å². The van der Waals surface area contributed by atoms with Crippen LogP contribution in [-0.2, 0) is 5.54 Å². The third kappa shape index (κ3) is 1.67. The molecule has 1 heterocycles. The predicted octanol–water partition coefficient (Wildman–Crippen LogP) is 3.62. The van der Waals surface area contributed by atoms with E-state index in [0.29, 0.717) is 0 Å². The zero-order valence-electron chi connectivity index (χ0n) is 10.5. The maximum absolute atomic E-state index is 2.28. The van der Waals surface area contributed by atoms with Crippen molar-refractivity contribution in [1.29, 1.82) is 0 Å². The molecule has 0 bridgehead atoms. The average molecular weight is 213 g/mol. The SMILES string of the molecule is CC1=CN(C)C(C)(c2ccccc2C)C=C1. The van der Waals surface area contributed by atoms with E-state index in [1.807, 2.05) is 0 Å². The summed E-state index contributed by atoms with van der Waals surface area (Å²) in [5.74, 6) is 0. The van der Waals surface area contributed by atoms with Gasteiger partial charge in [0.15, 0.2) is 0 Å². The molecule has 1 unspecified atom stereocenters. The van der Waals surface area contributed by atoms with Crippen molar-refractivity contribution in [3.8, 4) is 0 Å². The Hall–Kier alpha value is -1.50. The van der Waals surface area contributed by atoms with E-state index in [1.54, 1.807) is 0 Å². The van der Waals surface area contributed by atoms with Crippen LogP contribution in [0.3, 0.4) is 0 Å². The fourth-order valence-electron chi connectivity index (χ4n) is 2.31. The summed E-state index contributed by atoms with van der Waals surface area (Å²) < 4.78 is 0. The Bertz CT molecular complexity index is 456. The van der Waals surface area contributed by atoms with Crippen LogP contribution in [0.1, 0.15) is 25.0 Å². The minimum absolute atomic E-state index is 0.0230. The maximum Gasteiger partial charge on any atom is 0.0806 e. The van der Waals surface area contributed by atoms with Gasteiger partial charge in [-0.15, -0.1) is 0 Å². The first-order valence-electron chi connectivity index (χ1n) is 5.71. The molecule has 1 aromatic rings. The molecule has 84 valence electrons. The fraction of sp³-hybridized carbons (Fsp3) is 0.333. The van der Waals surface area contributed by atoms with Crippen LogP contribution in [0.15, 0.2) is 48.2 Å². The van der Waals surface area contributed by atoms with E-state index >= 15 is 0 Å². The summed E-state index contributed by atoms with van der Waals surface area (Å²) in [5.41, 5.74) is 3.99. The lowest BCUT2D eigenvalue weighted by molar-refractivity contribution is 0.258. The van der Waals surface area contributed by atoms with Gasteiger partial charge in [-0.1, -0.05) is 36.4 Å². The number of likely N-dealkylation sites (N-methyl/N-ethyl adjacent to an activating group) is 1. The van der Waals surface area contributed by atoms with Crippen LogP contribution in [0.25, 0.3) is 0 Å². The summed E-state index contributed by atoms with van der Waals surface area (Å²) in [6.45, 7) is 6.56. The monoisotopic (exact) mass is 213 g/mol. The zero-order valence-corrected chi connectivity index (χ0v) is 10.5. The van der Waals surface area contributed by atoms with E-state index in [4.69, 9.17) is 0 Å². The van der Waals surface area contributed by atoms with E-state index < -0.39 is 0 Å². The number of hydrogen-bond donors (Lipinski definition) is 0. The Morgan fingerprint density at radius 2 is 1.81 bits per heavy atom. The van der Waals surface area contributed by atoms with E-state index in [-0.39, 0.29) is 5.54 Å². The highest BCUT2D eigenvalue weighted by Crippen LogP contribution is 2.34. The number of rotatable bonds is 1. The molecule has 16 heavy (non-hydrogen) atoms. The van der Waals surface area contributed by atoms with E-state index in [1.165, 1.54) is 16.7 Å². The molecule has 0 fully saturated rings. The van der Waals surface area contributed by atoms with E-state index in [2.05, 4.69) is 75.3 Å². The minimum atomic E-state index is -0.0230. The van der Waals surface area contributed by atoms with Crippen molar-refractivity contribution < 1.29 is 0 Å². The molecule has 1 nitrogen and oxygen atoms in total. The Labute approximate surface area is 98.1 Å². The van der Waals surface area contributed by atoms with Gasteiger partial charge >= 0.3 is 0 Å². The molecule has 2 rings (SSSR count). The van der Waals surface area contributed by atoms with Crippen molar-refractivity contribution >= 4 is 0 Å². The molecule has 0 N–H and O–H groups in total. The molecule has 1 aliphatic heterocycles. The molecule has 0 amide bonds. The van der Waals surface area contributed by atoms with E-state index in [0.717, 1.165) is 0 Å². The van der Waals surface area contributed by atoms with Crippen LogP contribution in [0.2, 0.25) is 0 Å². The Kier molecular flexibility index (Phi) is 2.63. The fourth-order valence-corrected chi connectivity index (χ4v) is 2.31. The third-order valence-electron chi connectivity index (χ3n) is 3.49. The lowest BCUT2D eigenvalue weighted by Gasteiger charge is -2.40.